The van der Waals surface area contributed by atoms with E-state index in [1.165, 1.54) is 11.8 Å². The molecular formula is C21H36N2O5. The van der Waals surface area contributed by atoms with Crippen molar-refractivity contribution in [2.45, 2.75) is 85.3 Å². The summed E-state index contributed by atoms with van der Waals surface area (Å²) in [4.78, 5) is 49.1. The molecule has 1 rings (SSSR count). The van der Waals surface area contributed by atoms with E-state index in [9.17, 15) is 19.2 Å². The molecule has 1 N–H and O–H groups in total. The second-order valence-electron chi connectivity index (χ2n) is 9.36. The molecule has 0 bridgehead atoms. The van der Waals surface area contributed by atoms with Crippen molar-refractivity contribution >= 4 is 23.5 Å². The largest absolute Gasteiger partial charge is 0.375 e. The molecule has 1 aliphatic heterocycles. The molecule has 0 aromatic rings. The summed E-state index contributed by atoms with van der Waals surface area (Å²) in [7, 11) is 0. The monoisotopic (exact) mass is 396 g/mol. The SMILES string of the molecule is CC(=O)CC(C)(C)OCCC(C)(C)NC(=O)CCN1C(=O)CC(C(C)C)C1=O. The van der Waals surface area contributed by atoms with Gasteiger partial charge in [-0.15, -0.1) is 0 Å². The lowest BCUT2D eigenvalue weighted by Crippen LogP contribution is -2.46. The van der Waals surface area contributed by atoms with Crippen molar-refractivity contribution in [3.63, 3.8) is 0 Å². The Morgan fingerprint density at radius 1 is 1.21 bits per heavy atom. The van der Waals surface area contributed by atoms with Crippen LogP contribution in [0.2, 0.25) is 0 Å². The number of hydrogen-bond acceptors (Lipinski definition) is 5. The molecule has 1 aliphatic rings. The van der Waals surface area contributed by atoms with E-state index >= 15 is 0 Å². The van der Waals surface area contributed by atoms with Crippen LogP contribution in [0.15, 0.2) is 0 Å². The lowest BCUT2D eigenvalue weighted by Gasteiger charge is -2.30. The van der Waals surface area contributed by atoms with Crippen molar-refractivity contribution < 1.29 is 23.9 Å². The summed E-state index contributed by atoms with van der Waals surface area (Å²) in [5.41, 5.74) is -1.03. The van der Waals surface area contributed by atoms with Crippen LogP contribution in [0.1, 0.15) is 74.1 Å². The number of hydrogen-bond donors (Lipinski definition) is 1. The minimum Gasteiger partial charge on any atom is -0.375 e. The molecule has 7 heteroatoms. The summed E-state index contributed by atoms with van der Waals surface area (Å²) in [5.74, 6) is -0.668. The highest BCUT2D eigenvalue weighted by molar-refractivity contribution is 6.03. The van der Waals surface area contributed by atoms with Gasteiger partial charge in [0, 0.05) is 43.9 Å². The third kappa shape index (κ3) is 7.70. The third-order valence-electron chi connectivity index (χ3n) is 5.02. The Morgan fingerprint density at radius 2 is 1.82 bits per heavy atom. The number of nitrogens with zero attached hydrogens (tertiary/aromatic N) is 1. The molecule has 160 valence electrons. The van der Waals surface area contributed by atoms with Gasteiger partial charge in [-0.25, -0.2) is 0 Å². The molecule has 1 fully saturated rings. The molecular weight excluding hydrogens is 360 g/mol. The Morgan fingerprint density at radius 3 is 2.32 bits per heavy atom. The fraction of sp³-hybridized carbons (Fsp3) is 0.810. The van der Waals surface area contributed by atoms with Gasteiger partial charge < -0.3 is 10.1 Å². The fourth-order valence-corrected chi connectivity index (χ4v) is 3.41. The zero-order valence-corrected chi connectivity index (χ0v) is 18.4. The predicted octanol–water partition coefficient (Wildman–Crippen LogP) is 2.47. The number of likely N-dealkylation sites (tertiary alicyclic amines) is 1. The highest BCUT2D eigenvalue weighted by Gasteiger charge is 2.40. The fourth-order valence-electron chi connectivity index (χ4n) is 3.41. The van der Waals surface area contributed by atoms with E-state index in [1.807, 2.05) is 41.5 Å². The number of imide groups is 1. The summed E-state index contributed by atoms with van der Waals surface area (Å²) < 4.78 is 5.79. The zero-order chi connectivity index (χ0) is 21.7. The number of ketones is 1. The van der Waals surface area contributed by atoms with Crippen LogP contribution in [-0.4, -0.2) is 52.7 Å². The minimum atomic E-state index is -0.532. The molecule has 0 spiro atoms. The Hall–Kier alpha value is -1.76. The predicted molar refractivity (Wildman–Crippen MR) is 106 cm³/mol. The van der Waals surface area contributed by atoms with Gasteiger partial charge in [0.1, 0.15) is 5.78 Å². The first-order valence-corrected chi connectivity index (χ1v) is 10.0. The number of carbonyl (C=O) groups excluding carboxylic acids is 4. The number of Topliss-reactive ketones (excluding diaryl/α,β-unsaturated/α-hetero) is 1. The van der Waals surface area contributed by atoms with E-state index < -0.39 is 11.1 Å². The van der Waals surface area contributed by atoms with Gasteiger partial charge >= 0.3 is 0 Å². The van der Waals surface area contributed by atoms with Crippen molar-refractivity contribution in [1.29, 1.82) is 0 Å². The molecule has 1 heterocycles. The molecule has 28 heavy (non-hydrogen) atoms. The number of rotatable bonds is 11. The Kier molecular flexibility index (Phi) is 8.35. The normalized spacial score (nSPS) is 18.1. The first-order chi connectivity index (χ1) is 12.7. The maximum Gasteiger partial charge on any atom is 0.233 e. The highest BCUT2D eigenvalue weighted by Crippen LogP contribution is 2.26. The van der Waals surface area contributed by atoms with Crippen LogP contribution in [-0.2, 0) is 23.9 Å². The van der Waals surface area contributed by atoms with Crippen molar-refractivity contribution in [2.24, 2.45) is 11.8 Å². The van der Waals surface area contributed by atoms with Crippen molar-refractivity contribution in [3.05, 3.63) is 0 Å². The first-order valence-electron chi connectivity index (χ1n) is 10.0. The lowest BCUT2D eigenvalue weighted by atomic mass is 9.94. The molecule has 0 aromatic heterocycles. The molecule has 0 saturated carbocycles. The van der Waals surface area contributed by atoms with Crippen LogP contribution in [0.25, 0.3) is 0 Å². The van der Waals surface area contributed by atoms with Gasteiger partial charge in [0.15, 0.2) is 0 Å². The Labute approximate surface area is 168 Å². The summed E-state index contributed by atoms with van der Waals surface area (Å²) >= 11 is 0. The van der Waals surface area contributed by atoms with E-state index in [-0.39, 0.29) is 54.7 Å². The number of nitrogens with one attached hydrogen (secondary N) is 1. The van der Waals surface area contributed by atoms with E-state index in [1.54, 1.807) is 0 Å². The average molecular weight is 397 g/mol. The smallest absolute Gasteiger partial charge is 0.233 e. The Bertz CT molecular complexity index is 610. The van der Waals surface area contributed by atoms with E-state index in [0.29, 0.717) is 19.4 Å². The van der Waals surface area contributed by atoms with Gasteiger partial charge in [0.25, 0.3) is 0 Å². The van der Waals surface area contributed by atoms with Crippen molar-refractivity contribution in [3.8, 4) is 0 Å². The molecule has 1 saturated heterocycles. The van der Waals surface area contributed by atoms with Gasteiger partial charge in [0.2, 0.25) is 17.7 Å². The van der Waals surface area contributed by atoms with Gasteiger partial charge in [-0.1, -0.05) is 13.8 Å². The van der Waals surface area contributed by atoms with Gasteiger partial charge in [0.05, 0.1) is 5.60 Å². The van der Waals surface area contributed by atoms with Crippen molar-refractivity contribution in [1.82, 2.24) is 10.2 Å². The van der Waals surface area contributed by atoms with Crippen LogP contribution in [0.3, 0.4) is 0 Å². The molecule has 0 aromatic carbocycles. The highest BCUT2D eigenvalue weighted by atomic mass is 16.5. The van der Waals surface area contributed by atoms with Crippen LogP contribution < -0.4 is 5.32 Å². The standard InChI is InChI=1S/C21H36N2O5/c1-14(2)16-12-18(26)23(19(16)27)10-8-17(25)22-20(4,5)9-11-28-21(6,7)13-15(3)24/h14,16H,8-13H2,1-7H3,(H,22,25). The summed E-state index contributed by atoms with van der Waals surface area (Å²) in [6.07, 6.45) is 1.24. The van der Waals surface area contributed by atoms with Gasteiger partial charge in [-0.2, -0.15) is 0 Å². The zero-order valence-electron chi connectivity index (χ0n) is 18.4. The minimum absolute atomic E-state index is 0.0725. The Balaban J connectivity index is 2.44. The summed E-state index contributed by atoms with van der Waals surface area (Å²) in [5, 5.41) is 2.94. The van der Waals surface area contributed by atoms with E-state index in [4.69, 9.17) is 4.74 Å². The molecule has 0 aliphatic carbocycles. The maximum absolute atomic E-state index is 12.3. The quantitative estimate of drug-likeness (QED) is 0.542. The van der Waals surface area contributed by atoms with Gasteiger partial charge in [-0.3, -0.25) is 24.1 Å². The number of amides is 3. The van der Waals surface area contributed by atoms with Crippen LogP contribution in [0.5, 0.6) is 0 Å². The lowest BCUT2D eigenvalue weighted by molar-refractivity contribution is -0.140. The van der Waals surface area contributed by atoms with Gasteiger partial charge in [-0.05, 0) is 47.0 Å². The molecule has 3 amide bonds. The van der Waals surface area contributed by atoms with Crippen LogP contribution in [0.4, 0.5) is 0 Å². The topological polar surface area (TPSA) is 92.8 Å². The second-order valence-corrected chi connectivity index (χ2v) is 9.36. The van der Waals surface area contributed by atoms with E-state index in [0.717, 1.165) is 0 Å². The van der Waals surface area contributed by atoms with Crippen LogP contribution in [0, 0.1) is 11.8 Å². The summed E-state index contributed by atoms with van der Waals surface area (Å²) in [6.45, 7) is 13.4. The molecule has 1 unspecified atom stereocenters. The second kappa shape index (κ2) is 9.63. The number of ether oxygens (including phenoxy) is 1. The molecule has 7 nitrogen and oxygen atoms in total. The first kappa shape index (κ1) is 24.3. The van der Waals surface area contributed by atoms with E-state index in [2.05, 4.69) is 5.32 Å². The van der Waals surface area contributed by atoms with Crippen molar-refractivity contribution in [2.75, 3.05) is 13.2 Å². The van der Waals surface area contributed by atoms with Crippen LogP contribution >= 0.6 is 0 Å². The molecule has 1 atom stereocenters. The summed E-state index contributed by atoms with van der Waals surface area (Å²) in [6, 6.07) is 0. The maximum atomic E-state index is 12.3. The third-order valence-corrected chi connectivity index (χ3v) is 5.02. The average Bonchev–Trinajstić information content (AvgIpc) is 2.77. The number of carbonyl (C=O) groups is 4. The molecule has 0 radical (unpaired) electrons.